The first-order valence-electron chi connectivity index (χ1n) is 9.82. The number of rotatable bonds is 9. The zero-order valence-electron chi connectivity index (χ0n) is 17.6. The van der Waals surface area contributed by atoms with E-state index < -0.39 is 5.97 Å². The summed E-state index contributed by atoms with van der Waals surface area (Å²) in [6.07, 6.45) is 0. The van der Waals surface area contributed by atoms with Crippen LogP contribution >= 0.6 is 0 Å². The third kappa shape index (κ3) is 6.50. The predicted octanol–water partition coefficient (Wildman–Crippen LogP) is 4.59. The molecule has 0 aliphatic heterocycles. The van der Waals surface area contributed by atoms with Crippen molar-refractivity contribution in [3.05, 3.63) is 101 Å². The third-order valence-corrected chi connectivity index (χ3v) is 4.58. The lowest BCUT2D eigenvalue weighted by Gasteiger charge is -2.09. The van der Waals surface area contributed by atoms with Crippen LogP contribution in [0.1, 0.15) is 37.4 Å². The summed E-state index contributed by atoms with van der Waals surface area (Å²) in [4.78, 5) is 24.8. The third-order valence-electron chi connectivity index (χ3n) is 4.58. The number of esters is 1. The lowest BCUT2D eigenvalue weighted by molar-refractivity contribution is 0.0472. The Morgan fingerprint density at radius 2 is 1.29 bits per heavy atom. The lowest BCUT2D eigenvalue weighted by Crippen LogP contribution is -2.12. The van der Waals surface area contributed by atoms with Gasteiger partial charge in [-0.25, -0.2) is 4.79 Å². The van der Waals surface area contributed by atoms with Gasteiger partial charge in [0.1, 0.15) is 6.61 Å². The second-order valence-corrected chi connectivity index (χ2v) is 6.99. The number of nitrogens with one attached hydrogen (secondary N) is 1. The molecule has 31 heavy (non-hydrogen) atoms. The van der Waals surface area contributed by atoms with E-state index in [4.69, 9.17) is 14.2 Å². The molecule has 0 saturated carbocycles. The van der Waals surface area contributed by atoms with Crippen molar-refractivity contribution in [3.8, 4) is 0 Å². The maximum absolute atomic E-state index is 12.5. The molecule has 3 aromatic rings. The molecule has 0 radical (unpaired) electrons. The van der Waals surface area contributed by atoms with Crippen molar-refractivity contribution in [1.82, 2.24) is 0 Å². The molecule has 3 rings (SSSR count). The van der Waals surface area contributed by atoms with Gasteiger partial charge in [-0.05, 0) is 53.1 Å². The van der Waals surface area contributed by atoms with Gasteiger partial charge in [-0.1, -0.05) is 36.4 Å². The average molecular weight is 419 g/mol. The van der Waals surface area contributed by atoms with E-state index in [2.05, 4.69) is 5.32 Å². The van der Waals surface area contributed by atoms with Crippen molar-refractivity contribution in [2.24, 2.45) is 0 Å². The van der Waals surface area contributed by atoms with Gasteiger partial charge in [-0.15, -0.1) is 0 Å². The van der Waals surface area contributed by atoms with Gasteiger partial charge in [0.05, 0.1) is 18.8 Å². The second kappa shape index (κ2) is 11.1. The Morgan fingerprint density at radius 3 is 1.87 bits per heavy atom. The first kappa shape index (κ1) is 22.2. The topological polar surface area (TPSA) is 73.9 Å². The van der Waals surface area contributed by atoms with Crippen molar-refractivity contribution < 1.29 is 23.8 Å². The molecule has 6 heteroatoms. The lowest BCUT2D eigenvalue weighted by atomic mass is 10.1. The summed E-state index contributed by atoms with van der Waals surface area (Å²) in [7, 11) is 3.25. The van der Waals surface area contributed by atoms with Crippen molar-refractivity contribution >= 4 is 17.6 Å². The van der Waals surface area contributed by atoms with Gasteiger partial charge in [-0.3, -0.25) is 4.79 Å². The van der Waals surface area contributed by atoms with Gasteiger partial charge >= 0.3 is 5.97 Å². The molecule has 0 aromatic heterocycles. The van der Waals surface area contributed by atoms with E-state index >= 15 is 0 Å². The zero-order valence-corrected chi connectivity index (χ0v) is 17.6. The van der Waals surface area contributed by atoms with E-state index in [0.29, 0.717) is 30.0 Å². The highest BCUT2D eigenvalue weighted by Gasteiger charge is 2.09. The summed E-state index contributed by atoms with van der Waals surface area (Å²) in [5, 5.41) is 2.87. The SMILES string of the molecule is COCc1ccc(C(=O)Nc2cccc(COC(=O)c3ccc(COC)cc3)c2)cc1. The number of anilines is 1. The highest BCUT2D eigenvalue weighted by atomic mass is 16.5. The molecule has 0 aliphatic carbocycles. The fraction of sp³-hybridized carbons (Fsp3) is 0.200. The molecule has 0 spiro atoms. The van der Waals surface area contributed by atoms with E-state index in [9.17, 15) is 9.59 Å². The van der Waals surface area contributed by atoms with E-state index in [1.165, 1.54) is 0 Å². The number of amides is 1. The quantitative estimate of drug-likeness (QED) is 0.514. The van der Waals surface area contributed by atoms with Crippen LogP contribution in [0, 0.1) is 0 Å². The number of benzene rings is 3. The molecule has 0 saturated heterocycles. The number of methoxy groups -OCH3 is 2. The Morgan fingerprint density at radius 1 is 0.710 bits per heavy atom. The molecule has 0 fully saturated rings. The van der Waals surface area contributed by atoms with Gasteiger partial charge in [0.2, 0.25) is 0 Å². The molecule has 3 aromatic carbocycles. The summed E-state index contributed by atoms with van der Waals surface area (Å²) in [5.41, 5.74) is 4.41. The average Bonchev–Trinajstić information content (AvgIpc) is 2.79. The summed E-state index contributed by atoms with van der Waals surface area (Å²) in [5.74, 6) is -0.621. The fourth-order valence-corrected chi connectivity index (χ4v) is 3.00. The minimum atomic E-state index is -0.408. The van der Waals surface area contributed by atoms with Crippen LogP contribution < -0.4 is 5.32 Å². The smallest absolute Gasteiger partial charge is 0.338 e. The van der Waals surface area contributed by atoms with E-state index in [1.54, 1.807) is 56.7 Å². The number of carbonyl (C=O) groups excluding carboxylic acids is 2. The summed E-state index contributed by atoms with van der Waals surface area (Å²) >= 11 is 0. The molecule has 0 aliphatic rings. The van der Waals surface area contributed by atoms with Crippen LogP contribution in [0.3, 0.4) is 0 Å². The number of carbonyl (C=O) groups is 2. The molecule has 0 heterocycles. The van der Waals surface area contributed by atoms with Gasteiger partial charge in [0, 0.05) is 25.5 Å². The maximum Gasteiger partial charge on any atom is 0.338 e. The number of ether oxygens (including phenoxy) is 3. The van der Waals surface area contributed by atoms with Crippen LogP contribution in [0.2, 0.25) is 0 Å². The Kier molecular flexibility index (Phi) is 7.92. The molecule has 0 atom stereocenters. The maximum atomic E-state index is 12.5. The molecule has 160 valence electrons. The molecular formula is C25H25NO5. The first-order valence-corrected chi connectivity index (χ1v) is 9.82. The van der Waals surface area contributed by atoms with Crippen molar-refractivity contribution in [1.29, 1.82) is 0 Å². The Labute approximate surface area is 181 Å². The molecule has 0 bridgehead atoms. The monoisotopic (exact) mass is 419 g/mol. The van der Waals surface area contributed by atoms with Crippen LogP contribution in [0.15, 0.2) is 72.8 Å². The summed E-state index contributed by atoms with van der Waals surface area (Å²) in [6.45, 7) is 1.10. The van der Waals surface area contributed by atoms with Gasteiger partial charge in [-0.2, -0.15) is 0 Å². The molecule has 1 amide bonds. The Bertz CT molecular complexity index is 1010. The van der Waals surface area contributed by atoms with Crippen molar-refractivity contribution in [3.63, 3.8) is 0 Å². The zero-order chi connectivity index (χ0) is 22.1. The number of hydrogen-bond donors (Lipinski definition) is 1. The minimum Gasteiger partial charge on any atom is -0.457 e. The van der Waals surface area contributed by atoms with E-state index in [-0.39, 0.29) is 12.5 Å². The van der Waals surface area contributed by atoms with Gasteiger partial charge in [0.15, 0.2) is 0 Å². The Hall–Kier alpha value is -3.48. The molecule has 6 nitrogen and oxygen atoms in total. The largest absolute Gasteiger partial charge is 0.457 e. The summed E-state index contributed by atoms with van der Waals surface area (Å²) < 4.78 is 15.5. The van der Waals surface area contributed by atoms with Gasteiger partial charge in [0.25, 0.3) is 5.91 Å². The molecule has 1 N–H and O–H groups in total. The van der Waals surface area contributed by atoms with E-state index in [0.717, 1.165) is 16.7 Å². The first-order chi connectivity index (χ1) is 15.1. The highest BCUT2D eigenvalue weighted by molar-refractivity contribution is 6.04. The van der Waals surface area contributed by atoms with Crippen molar-refractivity contribution in [2.75, 3.05) is 19.5 Å². The predicted molar refractivity (Wildman–Crippen MR) is 118 cm³/mol. The summed E-state index contributed by atoms with van der Waals surface area (Å²) in [6, 6.07) is 21.5. The highest BCUT2D eigenvalue weighted by Crippen LogP contribution is 2.15. The van der Waals surface area contributed by atoms with Gasteiger partial charge < -0.3 is 19.5 Å². The molecular weight excluding hydrogens is 394 g/mol. The van der Waals surface area contributed by atoms with Crippen LogP contribution in [-0.2, 0) is 34.0 Å². The normalized spacial score (nSPS) is 10.5. The Balaban J connectivity index is 1.57. The van der Waals surface area contributed by atoms with Crippen LogP contribution in [0.4, 0.5) is 5.69 Å². The van der Waals surface area contributed by atoms with Crippen LogP contribution in [-0.4, -0.2) is 26.1 Å². The minimum absolute atomic E-state index is 0.105. The van der Waals surface area contributed by atoms with Crippen molar-refractivity contribution in [2.45, 2.75) is 19.8 Å². The molecule has 0 unspecified atom stereocenters. The standard InChI is InChI=1S/C25H25NO5/c1-29-15-18-6-10-21(11-7-18)24(27)26-23-5-3-4-20(14-23)17-31-25(28)22-12-8-19(9-13-22)16-30-2/h3-14H,15-17H2,1-2H3,(H,26,27). The fourth-order valence-electron chi connectivity index (χ4n) is 3.00. The van der Waals surface area contributed by atoms with E-state index in [1.807, 2.05) is 30.3 Å². The number of hydrogen-bond acceptors (Lipinski definition) is 5. The second-order valence-electron chi connectivity index (χ2n) is 6.99. The van der Waals surface area contributed by atoms with Crippen LogP contribution in [0.5, 0.6) is 0 Å². The van der Waals surface area contributed by atoms with Crippen LogP contribution in [0.25, 0.3) is 0 Å².